The third kappa shape index (κ3) is 6.78. The van der Waals surface area contributed by atoms with Crippen LogP contribution in [0.4, 0.5) is 5.69 Å². The number of hydrogen-bond donors (Lipinski definition) is 1. The predicted octanol–water partition coefficient (Wildman–Crippen LogP) is 3.22. The van der Waals surface area contributed by atoms with Crippen LogP contribution in [-0.4, -0.2) is 40.3 Å². The van der Waals surface area contributed by atoms with E-state index in [9.17, 15) is 13.2 Å². The molecule has 0 aromatic heterocycles. The van der Waals surface area contributed by atoms with Gasteiger partial charge in [-0.15, -0.1) is 0 Å². The number of ether oxygens (including phenoxy) is 1. The van der Waals surface area contributed by atoms with Crippen LogP contribution >= 0.6 is 0 Å². The van der Waals surface area contributed by atoms with E-state index in [-0.39, 0.29) is 12.5 Å². The van der Waals surface area contributed by atoms with Crippen molar-refractivity contribution in [3.05, 3.63) is 59.2 Å². The van der Waals surface area contributed by atoms with Gasteiger partial charge in [-0.25, -0.2) is 8.42 Å². The molecule has 7 heteroatoms. The molecule has 0 heterocycles. The van der Waals surface area contributed by atoms with E-state index in [1.807, 2.05) is 57.2 Å². The smallest absolute Gasteiger partial charge is 0.240 e. The topological polar surface area (TPSA) is 75.7 Å². The second-order valence-corrected chi connectivity index (χ2v) is 8.96. The van der Waals surface area contributed by atoms with Crippen molar-refractivity contribution in [2.24, 2.45) is 0 Å². The molecule has 0 bridgehead atoms. The van der Waals surface area contributed by atoms with E-state index in [1.165, 1.54) is 0 Å². The number of nitrogens with one attached hydrogen (secondary N) is 1. The third-order valence-electron chi connectivity index (χ3n) is 4.53. The first kappa shape index (κ1) is 22.7. The molecule has 0 atom stereocenters. The minimum Gasteiger partial charge on any atom is -0.494 e. The Balaban J connectivity index is 1.94. The summed E-state index contributed by atoms with van der Waals surface area (Å²) in [6.45, 7) is 6.56. The molecule has 0 aliphatic heterocycles. The van der Waals surface area contributed by atoms with Crippen LogP contribution in [0.5, 0.6) is 5.75 Å². The van der Waals surface area contributed by atoms with Crippen molar-refractivity contribution in [3.63, 3.8) is 0 Å². The maximum atomic E-state index is 12.4. The zero-order valence-corrected chi connectivity index (χ0v) is 18.4. The Morgan fingerprint density at radius 3 is 2.52 bits per heavy atom. The molecular weight excluding hydrogens is 388 g/mol. The second kappa shape index (κ2) is 10.3. The first-order valence-corrected chi connectivity index (χ1v) is 11.6. The summed E-state index contributed by atoms with van der Waals surface area (Å²) in [5.74, 6) is 0.535. The Hall–Kier alpha value is -2.54. The van der Waals surface area contributed by atoms with E-state index < -0.39 is 10.0 Å². The minimum atomic E-state index is -3.58. The molecule has 2 aromatic rings. The molecule has 0 aliphatic carbocycles. The quantitative estimate of drug-likeness (QED) is 0.601. The van der Waals surface area contributed by atoms with Gasteiger partial charge in [0.15, 0.2) is 0 Å². The Morgan fingerprint density at radius 2 is 1.86 bits per heavy atom. The molecule has 0 saturated heterocycles. The number of aryl methyl sites for hydroxylation is 3. The molecule has 158 valence electrons. The van der Waals surface area contributed by atoms with Crippen LogP contribution in [0.2, 0.25) is 0 Å². The number of benzene rings is 2. The summed E-state index contributed by atoms with van der Waals surface area (Å²) < 4.78 is 31.3. The molecule has 0 saturated carbocycles. The lowest BCUT2D eigenvalue weighted by atomic mass is 10.1. The second-order valence-electron chi connectivity index (χ2n) is 7.05. The van der Waals surface area contributed by atoms with Gasteiger partial charge in [0.05, 0.1) is 18.6 Å². The van der Waals surface area contributed by atoms with Gasteiger partial charge in [-0.1, -0.05) is 35.9 Å². The van der Waals surface area contributed by atoms with Crippen LogP contribution in [0.15, 0.2) is 42.5 Å². The summed E-state index contributed by atoms with van der Waals surface area (Å²) in [5, 5.41) is 2.82. The fourth-order valence-corrected chi connectivity index (χ4v) is 4.08. The maximum Gasteiger partial charge on any atom is 0.240 e. The highest BCUT2D eigenvalue weighted by Gasteiger charge is 2.22. The molecule has 2 rings (SSSR count). The molecule has 0 spiro atoms. The lowest BCUT2D eigenvalue weighted by Gasteiger charge is -2.24. The molecular formula is C22H30N2O4S. The normalized spacial score (nSPS) is 11.2. The van der Waals surface area contributed by atoms with Gasteiger partial charge >= 0.3 is 0 Å². The fraction of sp³-hybridized carbons (Fsp3) is 0.409. The molecule has 29 heavy (non-hydrogen) atoms. The zero-order valence-electron chi connectivity index (χ0n) is 17.6. The molecule has 2 aromatic carbocycles. The number of carbonyl (C=O) groups excluding carboxylic acids is 1. The van der Waals surface area contributed by atoms with Crippen molar-refractivity contribution in [1.82, 2.24) is 5.32 Å². The average molecular weight is 419 g/mol. The lowest BCUT2D eigenvalue weighted by molar-refractivity contribution is -0.119. The largest absolute Gasteiger partial charge is 0.494 e. The summed E-state index contributed by atoms with van der Waals surface area (Å²) in [4.78, 5) is 12.4. The third-order valence-corrected chi connectivity index (χ3v) is 5.65. The van der Waals surface area contributed by atoms with E-state index in [4.69, 9.17) is 4.74 Å². The highest BCUT2D eigenvalue weighted by atomic mass is 32.2. The highest BCUT2D eigenvalue weighted by molar-refractivity contribution is 7.92. The fourth-order valence-electron chi connectivity index (χ4n) is 3.17. The standard InChI is InChI=1S/C22H30N2O4S/c1-5-28-21-11-7-6-9-19(21)10-8-14-23-22(25)16-24(29(4,26)27)20-13-12-17(2)15-18(20)3/h6-7,9,11-13,15H,5,8,10,14,16H2,1-4H3,(H,23,25). The van der Waals surface area contributed by atoms with E-state index in [2.05, 4.69) is 5.32 Å². The summed E-state index contributed by atoms with van der Waals surface area (Å²) in [6, 6.07) is 13.3. The number of rotatable bonds is 10. The molecule has 0 radical (unpaired) electrons. The van der Waals surface area contributed by atoms with Crippen molar-refractivity contribution >= 4 is 21.6 Å². The van der Waals surface area contributed by atoms with Gasteiger partial charge in [0.25, 0.3) is 0 Å². The van der Waals surface area contributed by atoms with Gasteiger partial charge < -0.3 is 10.1 Å². The Morgan fingerprint density at radius 1 is 1.14 bits per heavy atom. The summed E-state index contributed by atoms with van der Waals surface area (Å²) in [7, 11) is -3.58. The van der Waals surface area contributed by atoms with Crippen LogP contribution in [0.25, 0.3) is 0 Å². The predicted molar refractivity (Wildman–Crippen MR) is 117 cm³/mol. The van der Waals surface area contributed by atoms with E-state index >= 15 is 0 Å². The van der Waals surface area contributed by atoms with Gasteiger partial charge in [0, 0.05) is 6.54 Å². The maximum absolute atomic E-state index is 12.4. The van der Waals surface area contributed by atoms with E-state index in [1.54, 1.807) is 6.07 Å². The Labute approximate surface area is 173 Å². The molecule has 0 aliphatic rings. The van der Waals surface area contributed by atoms with Crippen LogP contribution in [0.1, 0.15) is 30.0 Å². The van der Waals surface area contributed by atoms with Crippen molar-refractivity contribution in [2.75, 3.05) is 30.3 Å². The van der Waals surface area contributed by atoms with Crippen molar-refractivity contribution in [3.8, 4) is 5.75 Å². The van der Waals surface area contributed by atoms with Crippen LogP contribution in [0.3, 0.4) is 0 Å². The number of para-hydroxylation sites is 1. The average Bonchev–Trinajstić information content (AvgIpc) is 2.64. The number of sulfonamides is 1. The highest BCUT2D eigenvalue weighted by Crippen LogP contribution is 2.23. The first-order valence-electron chi connectivity index (χ1n) is 9.74. The van der Waals surface area contributed by atoms with Gasteiger partial charge in [-0.05, 0) is 56.9 Å². The lowest BCUT2D eigenvalue weighted by Crippen LogP contribution is -2.41. The van der Waals surface area contributed by atoms with E-state index in [0.717, 1.165) is 45.8 Å². The van der Waals surface area contributed by atoms with Crippen molar-refractivity contribution in [1.29, 1.82) is 0 Å². The molecule has 6 nitrogen and oxygen atoms in total. The number of hydrogen-bond acceptors (Lipinski definition) is 4. The van der Waals surface area contributed by atoms with Crippen molar-refractivity contribution < 1.29 is 17.9 Å². The molecule has 0 unspecified atom stereocenters. The Bertz CT molecular complexity index is 942. The van der Waals surface area contributed by atoms with Gasteiger partial charge in [0.1, 0.15) is 12.3 Å². The van der Waals surface area contributed by atoms with Gasteiger partial charge in [-0.3, -0.25) is 9.10 Å². The SMILES string of the molecule is CCOc1ccccc1CCCNC(=O)CN(c1ccc(C)cc1C)S(C)(=O)=O. The van der Waals surface area contributed by atoms with Crippen LogP contribution in [0, 0.1) is 13.8 Å². The number of nitrogens with zero attached hydrogens (tertiary/aromatic N) is 1. The zero-order chi connectivity index (χ0) is 21.4. The van der Waals surface area contributed by atoms with Crippen molar-refractivity contribution in [2.45, 2.75) is 33.6 Å². The molecule has 1 N–H and O–H groups in total. The summed E-state index contributed by atoms with van der Waals surface area (Å²) >= 11 is 0. The molecule has 0 fully saturated rings. The summed E-state index contributed by atoms with van der Waals surface area (Å²) in [6.07, 6.45) is 2.62. The number of amides is 1. The molecule has 1 amide bonds. The minimum absolute atomic E-state index is 0.238. The monoisotopic (exact) mass is 418 g/mol. The van der Waals surface area contributed by atoms with Gasteiger partial charge in [0.2, 0.25) is 15.9 Å². The Kier molecular flexibility index (Phi) is 8.08. The van der Waals surface area contributed by atoms with Crippen LogP contribution in [-0.2, 0) is 21.2 Å². The number of anilines is 1. The van der Waals surface area contributed by atoms with E-state index in [0.29, 0.717) is 18.8 Å². The summed E-state index contributed by atoms with van der Waals surface area (Å²) in [5.41, 5.74) is 3.47. The van der Waals surface area contributed by atoms with Crippen LogP contribution < -0.4 is 14.4 Å². The van der Waals surface area contributed by atoms with Gasteiger partial charge in [-0.2, -0.15) is 0 Å². The number of carbonyl (C=O) groups is 1. The first-order chi connectivity index (χ1) is 13.7.